The Labute approximate surface area is 142 Å². The highest BCUT2D eigenvalue weighted by molar-refractivity contribution is 5.90. The smallest absolute Gasteiger partial charge is 0.345 e. The van der Waals surface area contributed by atoms with Crippen LogP contribution in [0, 0.1) is 0 Å². The second kappa shape index (κ2) is 6.09. The van der Waals surface area contributed by atoms with Crippen LogP contribution in [0.1, 0.15) is 5.56 Å². The maximum atomic E-state index is 12.4. The Morgan fingerprint density at radius 3 is 2.64 bits per heavy atom. The molecule has 4 aromatic rings. The summed E-state index contributed by atoms with van der Waals surface area (Å²) in [5.41, 5.74) is 2.41. The van der Waals surface area contributed by atoms with Crippen molar-refractivity contribution in [3.63, 3.8) is 0 Å². The average molecular weight is 330 g/mol. The number of aromatic nitrogens is 2. The van der Waals surface area contributed by atoms with Crippen LogP contribution in [0.4, 0.5) is 0 Å². The molecule has 25 heavy (non-hydrogen) atoms. The molecule has 0 saturated carbocycles. The molecule has 6 heteroatoms. The van der Waals surface area contributed by atoms with Gasteiger partial charge in [-0.3, -0.25) is 0 Å². The van der Waals surface area contributed by atoms with E-state index in [1.165, 1.54) is 6.21 Å². The van der Waals surface area contributed by atoms with Gasteiger partial charge in [0.05, 0.1) is 17.5 Å². The van der Waals surface area contributed by atoms with E-state index in [0.29, 0.717) is 22.4 Å². The van der Waals surface area contributed by atoms with Gasteiger partial charge in [-0.05, 0) is 24.3 Å². The summed E-state index contributed by atoms with van der Waals surface area (Å²) in [6, 6.07) is 18.7. The Kier molecular flexibility index (Phi) is 3.63. The Bertz CT molecular complexity index is 1130. The number of fused-ring (bicyclic) bond motifs is 1. The molecule has 4 rings (SSSR count). The van der Waals surface area contributed by atoms with E-state index in [-0.39, 0.29) is 0 Å². The zero-order valence-corrected chi connectivity index (χ0v) is 13.2. The van der Waals surface area contributed by atoms with Gasteiger partial charge in [-0.1, -0.05) is 36.4 Å². The van der Waals surface area contributed by atoms with Crippen molar-refractivity contribution in [2.45, 2.75) is 0 Å². The number of para-hydroxylation sites is 2. The lowest BCUT2D eigenvalue weighted by Gasteiger charge is -2.01. The minimum Gasteiger partial charge on any atom is -0.422 e. The SMILES string of the molecule is N/N=C\c1cn(-c2ccccc2)nc1-c1cc2ccccc2oc1=O. The molecule has 0 spiro atoms. The maximum absolute atomic E-state index is 12.4. The van der Waals surface area contributed by atoms with E-state index in [9.17, 15) is 4.79 Å². The topological polar surface area (TPSA) is 86.4 Å². The molecule has 2 aromatic carbocycles. The van der Waals surface area contributed by atoms with Crippen LogP contribution in [0.3, 0.4) is 0 Å². The largest absolute Gasteiger partial charge is 0.422 e. The first-order chi connectivity index (χ1) is 12.3. The minimum absolute atomic E-state index is 0.364. The van der Waals surface area contributed by atoms with Crippen molar-refractivity contribution in [3.05, 3.63) is 82.8 Å². The highest BCUT2D eigenvalue weighted by Crippen LogP contribution is 2.23. The lowest BCUT2D eigenvalue weighted by molar-refractivity contribution is 0.563. The van der Waals surface area contributed by atoms with Crippen LogP contribution in [-0.2, 0) is 0 Å². The van der Waals surface area contributed by atoms with Crippen LogP contribution in [-0.4, -0.2) is 16.0 Å². The van der Waals surface area contributed by atoms with Gasteiger partial charge in [0, 0.05) is 17.1 Å². The summed E-state index contributed by atoms with van der Waals surface area (Å²) < 4.78 is 7.10. The van der Waals surface area contributed by atoms with Crippen LogP contribution in [0.2, 0.25) is 0 Å². The normalized spacial score (nSPS) is 11.4. The Morgan fingerprint density at radius 2 is 1.84 bits per heavy atom. The standard InChI is InChI=1S/C19H14N4O2/c20-21-11-14-12-23(15-7-2-1-3-8-15)22-18(14)16-10-13-6-4-5-9-17(13)25-19(16)24/h1-12H,20H2/b21-11-. The van der Waals surface area contributed by atoms with Crippen molar-refractivity contribution in [3.8, 4) is 16.9 Å². The molecule has 0 bridgehead atoms. The molecule has 122 valence electrons. The summed E-state index contributed by atoms with van der Waals surface area (Å²) in [6.45, 7) is 0. The summed E-state index contributed by atoms with van der Waals surface area (Å²) in [4.78, 5) is 12.4. The van der Waals surface area contributed by atoms with Gasteiger partial charge >= 0.3 is 5.63 Å². The predicted octanol–water partition coefficient (Wildman–Crippen LogP) is 2.94. The quantitative estimate of drug-likeness (QED) is 0.271. The molecule has 2 aromatic heterocycles. The summed E-state index contributed by atoms with van der Waals surface area (Å²) in [6.07, 6.45) is 3.24. The molecule has 0 saturated heterocycles. The number of nitrogens with zero attached hydrogens (tertiary/aromatic N) is 3. The fourth-order valence-electron chi connectivity index (χ4n) is 2.71. The zero-order chi connectivity index (χ0) is 17.2. The van der Waals surface area contributed by atoms with E-state index >= 15 is 0 Å². The third-order valence-electron chi connectivity index (χ3n) is 3.87. The highest BCUT2D eigenvalue weighted by Gasteiger charge is 2.16. The number of nitrogens with two attached hydrogens (primary N) is 1. The summed E-state index contributed by atoms with van der Waals surface area (Å²) in [5, 5.41) is 8.95. The average Bonchev–Trinajstić information content (AvgIpc) is 3.06. The van der Waals surface area contributed by atoms with Crippen LogP contribution >= 0.6 is 0 Å². The van der Waals surface area contributed by atoms with Gasteiger partial charge in [0.2, 0.25) is 0 Å². The Hall–Kier alpha value is -3.67. The van der Waals surface area contributed by atoms with E-state index in [2.05, 4.69) is 10.2 Å². The van der Waals surface area contributed by atoms with Gasteiger partial charge in [-0.25, -0.2) is 9.48 Å². The molecular weight excluding hydrogens is 316 g/mol. The Balaban J connectivity index is 1.94. The van der Waals surface area contributed by atoms with Crippen molar-refractivity contribution in [1.82, 2.24) is 9.78 Å². The summed E-state index contributed by atoms with van der Waals surface area (Å²) in [5.74, 6) is 5.31. The summed E-state index contributed by atoms with van der Waals surface area (Å²) in [7, 11) is 0. The minimum atomic E-state index is -0.455. The number of hydrazone groups is 1. The molecule has 2 N–H and O–H groups in total. The Morgan fingerprint density at radius 1 is 1.08 bits per heavy atom. The van der Waals surface area contributed by atoms with E-state index < -0.39 is 5.63 Å². The van der Waals surface area contributed by atoms with Gasteiger partial charge in [0.25, 0.3) is 0 Å². The van der Waals surface area contributed by atoms with Crippen LogP contribution < -0.4 is 11.5 Å². The molecule has 0 aliphatic rings. The fourth-order valence-corrected chi connectivity index (χ4v) is 2.71. The second-order valence-electron chi connectivity index (χ2n) is 5.48. The maximum Gasteiger partial charge on any atom is 0.345 e. The van der Waals surface area contributed by atoms with Gasteiger partial charge in [-0.15, -0.1) is 0 Å². The van der Waals surface area contributed by atoms with Gasteiger partial charge in [0.1, 0.15) is 11.3 Å². The van der Waals surface area contributed by atoms with Gasteiger partial charge in [-0.2, -0.15) is 10.2 Å². The van der Waals surface area contributed by atoms with E-state index in [4.69, 9.17) is 10.3 Å². The number of rotatable bonds is 3. The molecule has 2 heterocycles. The van der Waals surface area contributed by atoms with Gasteiger partial charge in [0.15, 0.2) is 0 Å². The third-order valence-corrected chi connectivity index (χ3v) is 3.87. The van der Waals surface area contributed by atoms with Crippen molar-refractivity contribution >= 4 is 17.2 Å². The lowest BCUT2D eigenvalue weighted by atomic mass is 10.1. The first kappa shape index (κ1) is 14.9. The number of hydrogen-bond donors (Lipinski definition) is 1. The zero-order valence-electron chi connectivity index (χ0n) is 13.2. The third kappa shape index (κ3) is 2.70. The van der Waals surface area contributed by atoms with E-state index in [0.717, 1.165) is 11.1 Å². The van der Waals surface area contributed by atoms with Crippen molar-refractivity contribution < 1.29 is 4.42 Å². The molecule has 0 radical (unpaired) electrons. The van der Waals surface area contributed by atoms with Crippen molar-refractivity contribution in [1.29, 1.82) is 0 Å². The molecule has 0 aliphatic carbocycles. The highest BCUT2D eigenvalue weighted by atomic mass is 16.4. The first-order valence-corrected chi connectivity index (χ1v) is 7.68. The predicted molar refractivity (Wildman–Crippen MR) is 96.8 cm³/mol. The number of hydrogen-bond acceptors (Lipinski definition) is 5. The molecule has 0 fully saturated rings. The van der Waals surface area contributed by atoms with Crippen LogP contribution in [0.25, 0.3) is 27.9 Å². The van der Waals surface area contributed by atoms with E-state index in [1.54, 1.807) is 23.0 Å². The molecular formula is C19H14N4O2. The molecule has 0 unspecified atom stereocenters. The molecule has 0 amide bonds. The van der Waals surface area contributed by atoms with Gasteiger partial charge < -0.3 is 10.3 Å². The fraction of sp³-hybridized carbons (Fsp3) is 0. The monoisotopic (exact) mass is 330 g/mol. The molecule has 0 aliphatic heterocycles. The van der Waals surface area contributed by atoms with E-state index in [1.807, 2.05) is 48.5 Å². The second-order valence-corrected chi connectivity index (χ2v) is 5.48. The first-order valence-electron chi connectivity index (χ1n) is 7.68. The summed E-state index contributed by atoms with van der Waals surface area (Å²) >= 11 is 0. The van der Waals surface area contributed by atoms with Crippen molar-refractivity contribution in [2.24, 2.45) is 10.9 Å². The van der Waals surface area contributed by atoms with Crippen LogP contribution in [0.15, 0.2) is 81.2 Å². The lowest BCUT2D eigenvalue weighted by Crippen LogP contribution is -2.05. The van der Waals surface area contributed by atoms with Crippen LogP contribution in [0.5, 0.6) is 0 Å². The molecule has 0 atom stereocenters. The number of benzene rings is 2. The van der Waals surface area contributed by atoms with Crippen molar-refractivity contribution in [2.75, 3.05) is 0 Å². The molecule has 6 nitrogen and oxygen atoms in total.